The van der Waals surface area contributed by atoms with Crippen LogP contribution in [0.15, 0.2) is 77.7 Å². The first-order valence-corrected chi connectivity index (χ1v) is 15.3. The Kier molecular flexibility index (Phi) is 11.0. The third-order valence-corrected chi connectivity index (χ3v) is 8.51. The number of sulfonamides is 1. The van der Waals surface area contributed by atoms with Crippen LogP contribution in [-0.2, 0) is 26.2 Å². The largest absolute Gasteiger partial charge is 0.354 e. The van der Waals surface area contributed by atoms with E-state index in [0.717, 1.165) is 15.4 Å². The van der Waals surface area contributed by atoms with E-state index in [1.807, 2.05) is 58.0 Å². The maximum Gasteiger partial charge on any atom is 0.264 e. The summed E-state index contributed by atoms with van der Waals surface area (Å²) >= 11 is 12.5. The lowest BCUT2D eigenvalue weighted by atomic mass is 10.1. The topological polar surface area (TPSA) is 86.8 Å². The standard InChI is InChI=1S/C30H35Cl2N3O4S/c1-5-28(30(37)33-18-21(2)3)34(19-23-9-7-6-8-10-23)29(36)20-35(26-16-24(31)15-25(32)17-26)40(38,39)27-13-11-22(4)12-14-27/h6-17,21,28H,5,18-20H2,1-4H3,(H,33,37)/t28-/m1/s1. The predicted octanol–water partition coefficient (Wildman–Crippen LogP) is 6.08. The van der Waals surface area contributed by atoms with E-state index in [0.29, 0.717) is 13.0 Å². The molecule has 3 aromatic rings. The highest BCUT2D eigenvalue weighted by Crippen LogP contribution is 2.30. The molecule has 0 aliphatic rings. The molecule has 0 radical (unpaired) electrons. The minimum atomic E-state index is -4.21. The number of nitrogens with zero attached hydrogens (tertiary/aromatic N) is 2. The van der Waals surface area contributed by atoms with Crippen molar-refractivity contribution in [3.05, 3.63) is 94.0 Å². The lowest BCUT2D eigenvalue weighted by Crippen LogP contribution is -2.52. The van der Waals surface area contributed by atoms with Gasteiger partial charge >= 0.3 is 0 Å². The van der Waals surface area contributed by atoms with Crippen molar-refractivity contribution in [2.24, 2.45) is 5.92 Å². The number of hydrogen-bond acceptors (Lipinski definition) is 4. The Hall–Kier alpha value is -3.07. The number of benzene rings is 3. The number of aryl methyl sites for hydroxylation is 1. The third-order valence-electron chi connectivity index (χ3n) is 6.29. The van der Waals surface area contributed by atoms with Gasteiger partial charge in [0.2, 0.25) is 11.8 Å². The van der Waals surface area contributed by atoms with E-state index in [2.05, 4.69) is 5.32 Å². The summed E-state index contributed by atoms with van der Waals surface area (Å²) in [5, 5.41) is 3.36. The molecule has 0 spiro atoms. The van der Waals surface area contributed by atoms with Gasteiger partial charge in [0.05, 0.1) is 10.6 Å². The number of nitrogens with one attached hydrogen (secondary N) is 1. The highest BCUT2D eigenvalue weighted by molar-refractivity contribution is 7.92. The second kappa shape index (κ2) is 14.0. The normalized spacial score (nSPS) is 12.2. The fourth-order valence-corrected chi connectivity index (χ4v) is 6.08. The first-order valence-electron chi connectivity index (χ1n) is 13.1. The number of halogens is 2. The number of amides is 2. The molecule has 0 aliphatic heterocycles. The van der Waals surface area contributed by atoms with Crippen molar-refractivity contribution in [1.82, 2.24) is 10.2 Å². The number of hydrogen-bond donors (Lipinski definition) is 1. The zero-order chi connectivity index (χ0) is 29.4. The second-order valence-electron chi connectivity index (χ2n) is 10.0. The fourth-order valence-electron chi connectivity index (χ4n) is 4.17. The summed E-state index contributed by atoms with van der Waals surface area (Å²) in [7, 11) is -4.21. The zero-order valence-electron chi connectivity index (χ0n) is 23.1. The molecule has 0 saturated carbocycles. The molecule has 0 aliphatic carbocycles. The highest BCUT2D eigenvalue weighted by atomic mass is 35.5. The first-order chi connectivity index (χ1) is 18.9. The summed E-state index contributed by atoms with van der Waals surface area (Å²) in [6.45, 7) is 7.66. The molecule has 0 bridgehead atoms. The van der Waals surface area contributed by atoms with Gasteiger partial charge in [-0.1, -0.05) is 92.0 Å². The summed E-state index contributed by atoms with van der Waals surface area (Å²) in [5.41, 5.74) is 1.84. The maximum atomic E-state index is 14.1. The Bertz CT molecular complexity index is 1390. The lowest BCUT2D eigenvalue weighted by molar-refractivity contribution is -0.140. The van der Waals surface area contributed by atoms with E-state index in [9.17, 15) is 18.0 Å². The number of rotatable bonds is 12. The van der Waals surface area contributed by atoms with Crippen LogP contribution in [0.3, 0.4) is 0 Å². The molecule has 10 heteroatoms. The third kappa shape index (κ3) is 8.22. The van der Waals surface area contributed by atoms with Crippen LogP contribution in [-0.4, -0.2) is 44.3 Å². The van der Waals surface area contributed by atoms with Crippen molar-refractivity contribution in [3.8, 4) is 0 Å². The van der Waals surface area contributed by atoms with Crippen molar-refractivity contribution in [2.75, 3.05) is 17.4 Å². The number of carbonyl (C=O) groups is 2. The Morgan fingerprint density at radius 3 is 2.08 bits per heavy atom. The minimum Gasteiger partial charge on any atom is -0.354 e. The summed E-state index contributed by atoms with van der Waals surface area (Å²) in [5.74, 6) is -0.608. The van der Waals surface area contributed by atoms with Crippen LogP contribution >= 0.6 is 23.2 Å². The molecule has 1 N–H and O–H groups in total. The second-order valence-corrected chi connectivity index (χ2v) is 12.8. The van der Waals surface area contributed by atoms with Crippen LogP contribution in [0.4, 0.5) is 5.69 Å². The Morgan fingerprint density at radius 2 is 1.52 bits per heavy atom. The molecule has 214 valence electrons. The fraction of sp³-hybridized carbons (Fsp3) is 0.333. The van der Waals surface area contributed by atoms with Gasteiger partial charge in [-0.25, -0.2) is 8.42 Å². The highest BCUT2D eigenvalue weighted by Gasteiger charge is 2.34. The molecule has 1 atom stereocenters. The minimum absolute atomic E-state index is 0.0123. The van der Waals surface area contributed by atoms with Crippen molar-refractivity contribution >= 4 is 50.7 Å². The van der Waals surface area contributed by atoms with E-state index in [1.54, 1.807) is 12.1 Å². The molecule has 2 amide bonds. The van der Waals surface area contributed by atoms with Gasteiger partial charge in [0, 0.05) is 23.1 Å². The Labute approximate surface area is 247 Å². The van der Waals surface area contributed by atoms with Crippen molar-refractivity contribution in [2.45, 2.75) is 51.6 Å². The SMILES string of the molecule is CC[C@H](C(=O)NCC(C)C)N(Cc1ccccc1)C(=O)CN(c1cc(Cl)cc(Cl)c1)S(=O)(=O)c1ccc(C)cc1. The molecule has 3 aromatic carbocycles. The smallest absolute Gasteiger partial charge is 0.264 e. The molecule has 0 unspecified atom stereocenters. The van der Waals surface area contributed by atoms with Gasteiger partial charge in [-0.2, -0.15) is 0 Å². The van der Waals surface area contributed by atoms with E-state index in [4.69, 9.17) is 23.2 Å². The van der Waals surface area contributed by atoms with Crippen LogP contribution in [0.2, 0.25) is 10.0 Å². The van der Waals surface area contributed by atoms with Crippen LogP contribution in [0, 0.1) is 12.8 Å². The maximum absolute atomic E-state index is 14.1. The average Bonchev–Trinajstić information content (AvgIpc) is 2.90. The molecule has 40 heavy (non-hydrogen) atoms. The van der Waals surface area contributed by atoms with E-state index in [-0.39, 0.29) is 39.0 Å². The van der Waals surface area contributed by atoms with Crippen LogP contribution < -0.4 is 9.62 Å². The van der Waals surface area contributed by atoms with E-state index >= 15 is 0 Å². The monoisotopic (exact) mass is 603 g/mol. The van der Waals surface area contributed by atoms with Crippen LogP contribution in [0.25, 0.3) is 0 Å². The van der Waals surface area contributed by atoms with Crippen molar-refractivity contribution in [1.29, 1.82) is 0 Å². The van der Waals surface area contributed by atoms with Gasteiger partial charge in [-0.15, -0.1) is 0 Å². The van der Waals surface area contributed by atoms with Gasteiger partial charge in [0.1, 0.15) is 12.6 Å². The predicted molar refractivity (Wildman–Crippen MR) is 161 cm³/mol. The van der Waals surface area contributed by atoms with Crippen LogP contribution in [0.1, 0.15) is 38.3 Å². The van der Waals surface area contributed by atoms with Gasteiger partial charge in [-0.3, -0.25) is 13.9 Å². The van der Waals surface area contributed by atoms with Crippen LogP contribution in [0.5, 0.6) is 0 Å². The summed E-state index contributed by atoms with van der Waals surface area (Å²) in [6, 6.07) is 19.2. The average molecular weight is 605 g/mol. The van der Waals surface area contributed by atoms with Gasteiger partial charge in [0.15, 0.2) is 0 Å². The molecular weight excluding hydrogens is 569 g/mol. The summed E-state index contributed by atoms with van der Waals surface area (Å²) in [6.07, 6.45) is 0.343. The van der Waals surface area contributed by atoms with Gasteiger partial charge in [-0.05, 0) is 55.2 Å². The van der Waals surface area contributed by atoms with Crippen molar-refractivity contribution in [3.63, 3.8) is 0 Å². The summed E-state index contributed by atoms with van der Waals surface area (Å²) in [4.78, 5) is 28.7. The van der Waals surface area contributed by atoms with E-state index in [1.165, 1.54) is 35.2 Å². The molecular formula is C30H35Cl2N3O4S. The van der Waals surface area contributed by atoms with Gasteiger partial charge in [0.25, 0.3) is 10.0 Å². The molecule has 7 nitrogen and oxygen atoms in total. The zero-order valence-corrected chi connectivity index (χ0v) is 25.4. The quantitative estimate of drug-likeness (QED) is 0.272. The lowest BCUT2D eigenvalue weighted by Gasteiger charge is -2.33. The number of carbonyl (C=O) groups excluding carboxylic acids is 2. The molecule has 3 rings (SSSR count). The Morgan fingerprint density at radius 1 is 0.925 bits per heavy atom. The molecule has 0 fully saturated rings. The first kappa shape index (κ1) is 31.5. The van der Waals surface area contributed by atoms with Crippen molar-refractivity contribution < 1.29 is 18.0 Å². The summed E-state index contributed by atoms with van der Waals surface area (Å²) < 4.78 is 28.8. The molecule has 0 saturated heterocycles. The van der Waals surface area contributed by atoms with E-state index < -0.39 is 28.5 Å². The number of anilines is 1. The van der Waals surface area contributed by atoms with Gasteiger partial charge < -0.3 is 10.2 Å². The molecule has 0 aromatic heterocycles. The molecule has 0 heterocycles. The Balaban J connectivity index is 2.06.